The number of aromatic nitrogens is 3. The fraction of sp³-hybridized carbons (Fsp3) is 0.316. The molecule has 0 spiro atoms. The maximum Gasteiger partial charge on any atom is 0.387 e. The highest BCUT2D eigenvalue weighted by Gasteiger charge is 2.20. The van der Waals surface area contributed by atoms with Crippen molar-refractivity contribution >= 4 is 22.7 Å². The first-order valence-corrected chi connectivity index (χ1v) is 8.81. The van der Waals surface area contributed by atoms with Crippen molar-refractivity contribution in [2.75, 3.05) is 23.3 Å². The van der Waals surface area contributed by atoms with Crippen LogP contribution in [0.2, 0.25) is 0 Å². The molecule has 0 radical (unpaired) electrons. The molecule has 1 fully saturated rings. The molecule has 1 aliphatic rings. The van der Waals surface area contributed by atoms with Gasteiger partial charge in [-0.15, -0.1) is 0 Å². The van der Waals surface area contributed by atoms with Crippen LogP contribution in [0.15, 0.2) is 48.8 Å². The van der Waals surface area contributed by atoms with Gasteiger partial charge in [-0.05, 0) is 49.2 Å². The van der Waals surface area contributed by atoms with E-state index in [0.717, 1.165) is 43.0 Å². The van der Waals surface area contributed by atoms with E-state index in [0.29, 0.717) is 5.65 Å². The Kier molecular flexibility index (Phi) is 4.95. The first kappa shape index (κ1) is 17.4. The van der Waals surface area contributed by atoms with E-state index in [1.54, 1.807) is 24.5 Å². The number of pyridine rings is 1. The molecule has 1 unspecified atom stereocenters. The summed E-state index contributed by atoms with van der Waals surface area (Å²) in [5, 5.41) is 3.47. The predicted molar refractivity (Wildman–Crippen MR) is 99.3 cm³/mol. The van der Waals surface area contributed by atoms with Crippen molar-refractivity contribution in [2.24, 2.45) is 0 Å². The maximum atomic E-state index is 12.3. The minimum absolute atomic E-state index is 0.168. The summed E-state index contributed by atoms with van der Waals surface area (Å²) < 4.78 is 29.0. The lowest BCUT2D eigenvalue weighted by Gasteiger charge is -2.35. The van der Waals surface area contributed by atoms with Crippen LogP contribution >= 0.6 is 0 Å². The van der Waals surface area contributed by atoms with Gasteiger partial charge < -0.3 is 15.0 Å². The molecule has 1 aliphatic heterocycles. The Morgan fingerprint density at radius 1 is 1.07 bits per heavy atom. The summed E-state index contributed by atoms with van der Waals surface area (Å²) in [4.78, 5) is 15.2. The number of nitrogens with zero attached hydrogens (tertiary/aromatic N) is 4. The molecular weight excluding hydrogens is 352 g/mol. The van der Waals surface area contributed by atoms with Gasteiger partial charge in [-0.3, -0.25) is 4.98 Å². The number of rotatable bonds is 5. The molecule has 2 aromatic heterocycles. The SMILES string of the molecule is FC(F)Oc1ccc(N2CCCC(Nc3ccc4nccnc4n3)C2)cc1. The van der Waals surface area contributed by atoms with Crippen LogP contribution in [0.25, 0.3) is 11.2 Å². The van der Waals surface area contributed by atoms with Crippen LogP contribution in [-0.4, -0.2) is 40.7 Å². The molecule has 0 saturated carbocycles. The topological polar surface area (TPSA) is 63.2 Å². The number of alkyl halides is 2. The first-order valence-electron chi connectivity index (χ1n) is 8.81. The minimum Gasteiger partial charge on any atom is -0.435 e. The second kappa shape index (κ2) is 7.69. The number of hydrogen-bond donors (Lipinski definition) is 1. The molecule has 4 rings (SSSR count). The lowest BCUT2D eigenvalue weighted by atomic mass is 10.0. The van der Waals surface area contributed by atoms with E-state index in [-0.39, 0.29) is 11.8 Å². The lowest BCUT2D eigenvalue weighted by molar-refractivity contribution is -0.0498. The molecule has 8 heteroatoms. The van der Waals surface area contributed by atoms with Crippen LogP contribution in [0.5, 0.6) is 5.75 Å². The van der Waals surface area contributed by atoms with Gasteiger partial charge >= 0.3 is 6.61 Å². The van der Waals surface area contributed by atoms with E-state index in [2.05, 4.69) is 29.9 Å². The average Bonchev–Trinajstić information content (AvgIpc) is 2.68. The highest BCUT2D eigenvalue weighted by Crippen LogP contribution is 2.25. The average molecular weight is 371 g/mol. The maximum absolute atomic E-state index is 12.3. The normalized spacial score (nSPS) is 17.3. The zero-order chi connectivity index (χ0) is 18.6. The van der Waals surface area contributed by atoms with E-state index in [1.165, 1.54) is 0 Å². The fourth-order valence-corrected chi connectivity index (χ4v) is 3.31. The largest absolute Gasteiger partial charge is 0.435 e. The molecular formula is C19H19F2N5O. The standard InChI is InChI=1S/C19H19F2N5O/c20-19(21)27-15-5-3-14(4-6-15)26-11-1-2-13(12-26)24-17-8-7-16-18(25-17)23-10-9-22-16/h3-10,13,19H,1-2,11-12H2,(H,23,24,25). The highest BCUT2D eigenvalue weighted by molar-refractivity contribution is 5.71. The van der Waals surface area contributed by atoms with Crippen LogP contribution in [0, 0.1) is 0 Å². The number of piperidine rings is 1. The molecule has 1 atom stereocenters. The second-order valence-corrected chi connectivity index (χ2v) is 6.40. The third kappa shape index (κ3) is 4.21. The van der Waals surface area contributed by atoms with Crippen molar-refractivity contribution in [3.8, 4) is 5.75 Å². The van der Waals surface area contributed by atoms with Crippen LogP contribution < -0.4 is 15.0 Å². The number of anilines is 2. The van der Waals surface area contributed by atoms with Crippen molar-refractivity contribution in [3.63, 3.8) is 0 Å². The molecule has 1 aromatic carbocycles. The molecule has 140 valence electrons. The van der Waals surface area contributed by atoms with E-state index in [1.807, 2.05) is 24.3 Å². The van der Waals surface area contributed by atoms with Gasteiger partial charge in [-0.2, -0.15) is 8.78 Å². The molecule has 1 N–H and O–H groups in total. The van der Waals surface area contributed by atoms with Gasteiger partial charge in [-0.1, -0.05) is 0 Å². The summed E-state index contributed by atoms with van der Waals surface area (Å²) in [6, 6.07) is 10.8. The number of hydrogen-bond acceptors (Lipinski definition) is 6. The first-order chi connectivity index (χ1) is 13.2. The van der Waals surface area contributed by atoms with Crippen molar-refractivity contribution < 1.29 is 13.5 Å². The van der Waals surface area contributed by atoms with E-state index in [9.17, 15) is 8.78 Å². The molecule has 1 saturated heterocycles. The predicted octanol–water partition coefficient (Wildman–Crippen LogP) is 3.71. The lowest BCUT2D eigenvalue weighted by Crippen LogP contribution is -2.42. The van der Waals surface area contributed by atoms with E-state index in [4.69, 9.17) is 0 Å². The van der Waals surface area contributed by atoms with Gasteiger partial charge in [-0.25, -0.2) is 9.97 Å². The van der Waals surface area contributed by atoms with Gasteiger partial charge in [0, 0.05) is 37.2 Å². The molecule has 27 heavy (non-hydrogen) atoms. The molecule has 3 heterocycles. The smallest absolute Gasteiger partial charge is 0.387 e. The van der Waals surface area contributed by atoms with E-state index >= 15 is 0 Å². The summed E-state index contributed by atoms with van der Waals surface area (Å²) in [6.45, 7) is -1.09. The Balaban J connectivity index is 1.42. The van der Waals surface area contributed by atoms with Crippen LogP contribution in [-0.2, 0) is 0 Å². The third-order valence-electron chi connectivity index (χ3n) is 4.53. The molecule has 0 amide bonds. The van der Waals surface area contributed by atoms with Gasteiger partial charge in [0.2, 0.25) is 0 Å². The highest BCUT2D eigenvalue weighted by atomic mass is 19.3. The van der Waals surface area contributed by atoms with Crippen LogP contribution in [0.3, 0.4) is 0 Å². The molecule has 0 aliphatic carbocycles. The Hall–Kier alpha value is -3.03. The van der Waals surface area contributed by atoms with Crippen LogP contribution in [0.4, 0.5) is 20.3 Å². The van der Waals surface area contributed by atoms with E-state index < -0.39 is 6.61 Å². The van der Waals surface area contributed by atoms with Crippen molar-refractivity contribution in [2.45, 2.75) is 25.5 Å². The Morgan fingerprint density at radius 2 is 1.89 bits per heavy atom. The van der Waals surface area contributed by atoms with Gasteiger partial charge in [0.05, 0.1) is 0 Å². The number of benzene rings is 1. The number of halogens is 2. The number of ether oxygens (including phenoxy) is 1. The quantitative estimate of drug-likeness (QED) is 0.738. The second-order valence-electron chi connectivity index (χ2n) is 6.40. The van der Waals surface area contributed by atoms with Crippen LogP contribution in [0.1, 0.15) is 12.8 Å². The van der Waals surface area contributed by atoms with Gasteiger partial charge in [0.1, 0.15) is 17.1 Å². The Bertz CT molecular complexity index is 906. The molecule has 6 nitrogen and oxygen atoms in total. The fourth-order valence-electron chi connectivity index (χ4n) is 3.31. The minimum atomic E-state index is -2.81. The number of fused-ring (bicyclic) bond motifs is 1. The van der Waals surface area contributed by atoms with Crippen molar-refractivity contribution in [3.05, 3.63) is 48.8 Å². The van der Waals surface area contributed by atoms with Crippen molar-refractivity contribution in [1.82, 2.24) is 15.0 Å². The summed E-state index contributed by atoms with van der Waals surface area (Å²) >= 11 is 0. The summed E-state index contributed by atoms with van der Waals surface area (Å²) in [6.07, 6.45) is 5.33. The zero-order valence-electron chi connectivity index (χ0n) is 14.6. The summed E-state index contributed by atoms with van der Waals surface area (Å²) in [5.74, 6) is 0.942. The summed E-state index contributed by atoms with van der Waals surface area (Å²) in [7, 11) is 0. The van der Waals surface area contributed by atoms with Crippen molar-refractivity contribution in [1.29, 1.82) is 0 Å². The molecule has 0 bridgehead atoms. The van der Waals surface area contributed by atoms with Gasteiger partial charge in [0.15, 0.2) is 5.65 Å². The zero-order valence-corrected chi connectivity index (χ0v) is 14.6. The Labute approximate surface area is 155 Å². The third-order valence-corrected chi connectivity index (χ3v) is 4.53. The molecule has 3 aromatic rings. The summed E-state index contributed by atoms with van der Waals surface area (Å²) in [5.41, 5.74) is 2.37. The monoisotopic (exact) mass is 371 g/mol. The van der Waals surface area contributed by atoms with Gasteiger partial charge in [0.25, 0.3) is 0 Å². The number of nitrogens with one attached hydrogen (secondary N) is 1. The Morgan fingerprint density at radius 3 is 2.70 bits per heavy atom.